The van der Waals surface area contributed by atoms with E-state index in [4.69, 9.17) is 11.6 Å². The second-order valence-corrected chi connectivity index (χ2v) is 6.67. The largest absolute Gasteiger partial charge is 0.349 e. The van der Waals surface area contributed by atoms with Crippen molar-refractivity contribution >= 4 is 33.4 Å². The number of fused-ring (bicyclic) bond motifs is 2. The molecular formula is C14H16BrClN2O. The number of nitrogens with one attached hydrogen (secondary N) is 2. The average Bonchev–Trinajstić information content (AvgIpc) is 2.72. The molecule has 2 heterocycles. The molecule has 0 saturated carbocycles. The van der Waals surface area contributed by atoms with Crippen LogP contribution in [0.1, 0.15) is 36.0 Å². The highest BCUT2D eigenvalue weighted by molar-refractivity contribution is 9.10. The zero-order valence-corrected chi connectivity index (χ0v) is 12.8. The Bertz CT molecular complexity index is 496. The summed E-state index contributed by atoms with van der Waals surface area (Å²) in [5, 5.41) is 7.34. The first-order valence-corrected chi connectivity index (χ1v) is 7.81. The molecule has 3 nitrogen and oxygen atoms in total. The zero-order chi connectivity index (χ0) is 13.4. The summed E-state index contributed by atoms with van der Waals surface area (Å²) in [4.78, 5) is 12.2. The number of carbonyl (C=O) groups is 1. The first-order valence-electron chi connectivity index (χ1n) is 6.64. The molecule has 0 spiro atoms. The third kappa shape index (κ3) is 2.96. The number of carbonyl (C=O) groups excluding carboxylic acids is 1. The van der Waals surface area contributed by atoms with Gasteiger partial charge in [0.25, 0.3) is 5.91 Å². The highest BCUT2D eigenvalue weighted by Gasteiger charge is 2.34. The number of hydrogen-bond acceptors (Lipinski definition) is 2. The van der Waals surface area contributed by atoms with Crippen LogP contribution in [0.4, 0.5) is 0 Å². The van der Waals surface area contributed by atoms with Crippen molar-refractivity contribution in [3.8, 4) is 0 Å². The quantitative estimate of drug-likeness (QED) is 0.866. The first-order chi connectivity index (χ1) is 9.11. The van der Waals surface area contributed by atoms with Crippen LogP contribution in [0.15, 0.2) is 22.7 Å². The fourth-order valence-electron chi connectivity index (χ4n) is 3.08. The molecule has 2 atom stereocenters. The topological polar surface area (TPSA) is 41.1 Å². The van der Waals surface area contributed by atoms with Gasteiger partial charge in [-0.25, -0.2) is 0 Å². The molecule has 2 fully saturated rings. The number of rotatable bonds is 2. The summed E-state index contributed by atoms with van der Waals surface area (Å²) < 4.78 is 0.757. The summed E-state index contributed by atoms with van der Waals surface area (Å²) in [6.45, 7) is 0. The highest BCUT2D eigenvalue weighted by atomic mass is 79.9. The van der Waals surface area contributed by atoms with Gasteiger partial charge in [0.05, 0.1) is 5.02 Å². The molecule has 2 unspecified atom stereocenters. The van der Waals surface area contributed by atoms with Crippen molar-refractivity contribution in [2.75, 3.05) is 0 Å². The second kappa shape index (κ2) is 5.43. The molecule has 2 saturated heterocycles. The maximum absolute atomic E-state index is 12.2. The molecule has 2 N–H and O–H groups in total. The van der Waals surface area contributed by atoms with E-state index in [1.54, 1.807) is 18.2 Å². The average molecular weight is 344 g/mol. The van der Waals surface area contributed by atoms with Crippen LogP contribution >= 0.6 is 27.5 Å². The van der Waals surface area contributed by atoms with E-state index in [9.17, 15) is 4.79 Å². The fourth-order valence-corrected chi connectivity index (χ4v) is 3.58. The molecule has 102 valence electrons. The van der Waals surface area contributed by atoms with Crippen LogP contribution in [0.25, 0.3) is 0 Å². The molecule has 1 aromatic carbocycles. The normalized spacial score (nSPS) is 29.3. The number of piperidine rings is 1. The molecule has 5 heteroatoms. The van der Waals surface area contributed by atoms with E-state index >= 15 is 0 Å². The van der Waals surface area contributed by atoms with Crippen LogP contribution in [0, 0.1) is 0 Å². The Morgan fingerprint density at radius 3 is 2.63 bits per heavy atom. The van der Waals surface area contributed by atoms with Gasteiger partial charge in [-0.15, -0.1) is 0 Å². The highest BCUT2D eigenvalue weighted by Crippen LogP contribution is 2.27. The van der Waals surface area contributed by atoms with Gasteiger partial charge < -0.3 is 10.6 Å². The molecule has 1 amide bonds. The van der Waals surface area contributed by atoms with E-state index in [1.807, 2.05) is 0 Å². The Morgan fingerprint density at radius 1 is 1.32 bits per heavy atom. The lowest BCUT2D eigenvalue weighted by atomic mass is 9.99. The van der Waals surface area contributed by atoms with E-state index < -0.39 is 0 Å². The van der Waals surface area contributed by atoms with Crippen molar-refractivity contribution in [1.29, 1.82) is 0 Å². The van der Waals surface area contributed by atoms with E-state index in [0.717, 1.165) is 17.3 Å². The summed E-state index contributed by atoms with van der Waals surface area (Å²) in [5.74, 6) is -0.0105. The summed E-state index contributed by atoms with van der Waals surface area (Å²) in [6, 6.07) is 6.74. The predicted octanol–water partition coefficient (Wildman–Crippen LogP) is 3.12. The minimum atomic E-state index is -0.0105. The monoisotopic (exact) mass is 342 g/mol. The molecule has 2 aliphatic rings. The third-order valence-corrected chi connectivity index (χ3v) is 5.20. The molecule has 2 aliphatic heterocycles. The van der Waals surface area contributed by atoms with Gasteiger partial charge in [0.1, 0.15) is 0 Å². The Labute approximate surface area is 126 Å². The lowest BCUT2D eigenvalue weighted by molar-refractivity contribution is 0.0924. The maximum Gasteiger partial charge on any atom is 0.251 e. The Kier molecular flexibility index (Phi) is 3.83. The minimum Gasteiger partial charge on any atom is -0.349 e. The molecular weight excluding hydrogens is 328 g/mol. The molecule has 3 rings (SSSR count). The summed E-state index contributed by atoms with van der Waals surface area (Å²) >= 11 is 9.28. The van der Waals surface area contributed by atoms with E-state index in [2.05, 4.69) is 26.6 Å². The molecule has 0 radical (unpaired) electrons. The lowest BCUT2D eigenvalue weighted by Crippen LogP contribution is -2.48. The van der Waals surface area contributed by atoms with E-state index in [0.29, 0.717) is 28.7 Å². The third-order valence-electron chi connectivity index (χ3n) is 3.99. The van der Waals surface area contributed by atoms with E-state index in [1.165, 1.54) is 12.8 Å². The van der Waals surface area contributed by atoms with Crippen molar-refractivity contribution in [2.24, 2.45) is 0 Å². The van der Waals surface area contributed by atoms with Crippen LogP contribution < -0.4 is 10.6 Å². The van der Waals surface area contributed by atoms with Gasteiger partial charge in [0.15, 0.2) is 0 Å². The zero-order valence-electron chi connectivity index (χ0n) is 10.5. The van der Waals surface area contributed by atoms with Crippen molar-refractivity contribution in [3.63, 3.8) is 0 Å². The second-order valence-electron chi connectivity index (χ2n) is 5.41. The Balaban J connectivity index is 1.66. The number of halogens is 2. The fraction of sp³-hybridized carbons (Fsp3) is 0.500. The van der Waals surface area contributed by atoms with Gasteiger partial charge in [-0.1, -0.05) is 11.6 Å². The number of hydrogen-bond donors (Lipinski definition) is 2. The number of benzene rings is 1. The predicted molar refractivity (Wildman–Crippen MR) is 79.6 cm³/mol. The van der Waals surface area contributed by atoms with Crippen molar-refractivity contribution in [1.82, 2.24) is 10.6 Å². The molecule has 0 aliphatic carbocycles. The Morgan fingerprint density at radius 2 is 2.00 bits per heavy atom. The maximum atomic E-state index is 12.2. The van der Waals surface area contributed by atoms with Gasteiger partial charge in [-0.3, -0.25) is 4.79 Å². The van der Waals surface area contributed by atoms with Crippen LogP contribution in [0.3, 0.4) is 0 Å². The van der Waals surface area contributed by atoms with Crippen molar-refractivity contribution in [3.05, 3.63) is 33.3 Å². The summed E-state index contributed by atoms with van der Waals surface area (Å²) in [7, 11) is 0. The van der Waals surface area contributed by atoms with E-state index in [-0.39, 0.29) is 5.91 Å². The van der Waals surface area contributed by atoms with Crippen LogP contribution in [-0.2, 0) is 0 Å². The minimum absolute atomic E-state index is 0.0105. The number of amides is 1. The first kappa shape index (κ1) is 13.4. The molecule has 0 aromatic heterocycles. The van der Waals surface area contributed by atoms with Crippen molar-refractivity contribution in [2.45, 2.75) is 43.8 Å². The lowest BCUT2D eigenvalue weighted by Gasteiger charge is -2.29. The molecule has 2 bridgehead atoms. The Hall–Kier alpha value is -0.580. The summed E-state index contributed by atoms with van der Waals surface area (Å²) in [6.07, 6.45) is 4.56. The summed E-state index contributed by atoms with van der Waals surface area (Å²) in [5.41, 5.74) is 0.655. The van der Waals surface area contributed by atoms with Crippen LogP contribution in [0.2, 0.25) is 5.02 Å². The molecule has 19 heavy (non-hydrogen) atoms. The molecule has 1 aromatic rings. The van der Waals surface area contributed by atoms with Crippen molar-refractivity contribution < 1.29 is 4.79 Å². The van der Waals surface area contributed by atoms with Gasteiger partial charge in [-0.2, -0.15) is 0 Å². The smallest absolute Gasteiger partial charge is 0.251 e. The standard InChI is InChI=1S/C14H16BrClN2O/c15-12-5-8(1-4-13(12)16)14(19)18-11-6-9-2-3-10(7-11)17-9/h1,4-5,9-11,17H,2-3,6-7H2,(H,18,19). The van der Waals surface area contributed by atoms with Gasteiger partial charge in [-0.05, 0) is 59.8 Å². The van der Waals surface area contributed by atoms with Gasteiger partial charge in [0, 0.05) is 28.2 Å². The van der Waals surface area contributed by atoms with Crippen LogP contribution in [-0.4, -0.2) is 24.0 Å². The van der Waals surface area contributed by atoms with Gasteiger partial charge in [0.2, 0.25) is 0 Å². The SMILES string of the molecule is O=C(NC1CC2CCC(C1)N2)c1ccc(Cl)c(Br)c1. The van der Waals surface area contributed by atoms with Gasteiger partial charge >= 0.3 is 0 Å². The van der Waals surface area contributed by atoms with Crippen LogP contribution in [0.5, 0.6) is 0 Å².